The molecule has 3 aromatic rings. The minimum atomic E-state index is -0.207. The van der Waals surface area contributed by atoms with Gasteiger partial charge in [-0.25, -0.2) is 10.1 Å². The van der Waals surface area contributed by atoms with Gasteiger partial charge in [0.05, 0.1) is 12.0 Å². The summed E-state index contributed by atoms with van der Waals surface area (Å²) in [7, 11) is 0. The molecular formula is C21H25ClN8OS. The number of carbonyl (C=O) groups excluding carboxylic acids is 1. The number of hydrogen-bond acceptors (Lipinski definition) is 8. The van der Waals surface area contributed by atoms with Crippen LogP contribution in [0.1, 0.15) is 19.4 Å². The topological polar surface area (TPSA) is 113 Å². The van der Waals surface area contributed by atoms with Gasteiger partial charge in [-0.3, -0.25) is 4.79 Å². The quantitative estimate of drug-likeness (QED) is 0.178. The summed E-state index contributed by atoms with van der Waals surface area (Å²) in [5.41, 5.74) is 5.50. The van der Waals surface area contributed by atoms with Gasteiger partial charge in [-0.1, -0.05) is 41.6 Å². The van der Waals surface area contributed by atoms with Crippen LogP contribution in [0.4, 0.5) is 17.3 Å². The van der Waals surface area contributed by atoms with E-state index in [1.54, 1.807) is 30.5 Å². The maximum absolute atomic E-state index is 12.1. The summed E-state index contributed by atoms with van der Waals surface area (Å²) in [5.74, 6) is 6.18. The van der Waals surface area contributed by atoms with Gasteiger partial charge in [0, 0.05) is 29.5 Å². The summed E-state index contributed by atoms with van der Waals surface area (Å²) in [6.45, 7) is 6.18. The molecule has 3 rings (SSSR count). The molecule has 9 nitrogen and oxygen atoms in total. The molecule has 1 aromatic heterocycles. The smallest absolute Gasteiger partial charge is 0.264 e. The van der Waals surface area contributed by atoms with Crippen molar-refractivity contribution in [3.63, 3.8) is 0 Å². The number of aromatic nitrogens is 3. The van der Waals surface area contributed by atoms with E-state index in [1.165, 1.54) is 10.4 Å². The van der Waals surface area contributed by atoms with E-state index in [0.29, 0.717) is 15.9 Å². The van der Waals surface area contributed by atoms with E-state index >= 15 is 0 Å². The van der Waals surface area contributed by atoms with Crippen molar-refractivity contribution in [2.24, 2.45) is 5.10 Å². The maximum Gasteiger partial charge on any atom is 0.264 e. The van der Waals surface area contributed by atoms with Crippen LogP contribution in [-0.2, 0) is 4.79 Å². The Morgan fingerprint density at radius 3 is 2.66 bits per heavy atom. The number of carbonyl (C=O) groups is 1. The first-order chi connectivity index (χ1) is 15.5. The van der Waals surface area contributed by atoms with Crippen molar-refractivity contribution in [2.75, 3.05) is 40.3 Å². The van der Waals surface area contributed by atoms with Gasteiger partial charge in [0.25, 0.3) is 5.95 Å². The SMILES string of the molecule is CCN(CC)c1ccc(/C=N/Nc2nnc(SCC(=O)Nc3cccc(Cl)c3)n2N)cc1. The number of nitrogens with one attached hydrogen (secondary N) is 2. The molecule has 0 bridgehead atoms. The Hall–Kier alpha value is -3.24. The molecule has 0 saturated carbocycles. The van der Waals surface area contributed by atoms with Crippen molar-refractivity contribution < 1.29 is 4.79 Å². The van der Waals surface area contributed by atoms with Crippen LogP contribution in [0.15, 0.2) is 58.8 Å². The molecule has 32 heavy (non-hydrogen) atoms. The second-order valence-corrected chi connectivity index (χ2v) is 8.04. The van der Waals surface area contributed by atoms with E-state index in [0.717, 1.165) is 30.4 Å². The number of hydrogen-bond donors (Lipinski definition) is 3. The second-order valence-electron chi connectivity index (χ2n) is 6.66. The van der Waals surface area contributed by atoms with Crippen LogP contribution in [-0.4, -0.2) is 45.8 Å². The standard InChI is InChI=1S/C21H25ClN8OS/c1-3-29(4-2)18-10-8-15(9-11-18)13-24-26-20-27-28-21(30(20)23)32-14-19(31)25-17-7-5-6-16(22)12-17/h5-13H,3-4,14,23H2,1-2H3,(H,25,31)(H,26,27)/b24-13+. The van der Waals surface area contributed by atoms with E-state index in [9.17, 15) is 4.79 Å². The minimum absolute atomic E-state index is 0.115. The van der Waals surface area contributed by atoms with Gasteiger partial charge in [0.15, 0.2) is 0 Å². The van der Waals surface area contributed by atoms with Crippen LogP contribution in [0.2, 0.25) is 5.02 Å². The highest BCUT2D eigenvalue weighted by molar-refractivity contribution is 7.99. The Bertz CT molecular complexity index is 1070. The zero-order chi connectivity index (χ0) is 22.9. The molecular weight excluding hydrogens is 448 g/mol. The maximum atomic E-state index is 12.1. The van der Waals surface area contributed by atoms with Gasteiger partial charge in [-0.15, -0.1) is 10.2 Å². The van der Waals surface area contributed by atoms with Crippen LogP contribution in [0.25, 0.3) is 0 Å². The van der Waals surface area contributed by atoms with Crippen molar-refractivity contribution >= 4 is 52.8 Å². The number of amides is 1. The lowest BCUT2D eigenvalue weighted by molar-refractivity contribution is -0.113. The van der Waals surface area contributed by atoms with Gasteiger partial charge in [0.1, 0.15) is 0 Å². The average molecular weight is 473 g/mol. The van der Waals surface area contributed by atoms with Gasteiger partial charge in [-0.05, 0) is 49.7 Å². The first-order valence-corrected chi connectivity index (χ1v) is 11.4. The Labute approximate surface area is 196 Å². The Balaban J connectivity index is 1.51. The molecule has 0 fully saturated rings. The van der Waals surface area contributed by atoms with E-state index < -0.39 is 0 Å². The molecule has 168 valence electrons. The van der Waals surface area contributed by atoms with E-state index in [1.807, 2.05) is 12.1 Å². The fourth-order valence-electron chi connectivity index (χ4n) is 2.87. The predicted octanol–water partition coefficient (Wildman–Crippen LogP) is 3.67. The molecule has 0 unspecified atom stereocenters. The number of nitrogen functional groups attached to an aromatic ring is 1. The summed E-state index contributed by atoms with van der Waals surface area (Å²) >= 11 is 7.08. The summed E-state index contributed by atoms with van der Waals surface area (Å²) in [6.07, 6.45) is 1.67. The molecule has 0 aliphatic carbocycles. The van der Waals surface area contributed by atoms with Crippen LogP contribution < -0.4 is 21.5 Å². The van der Waals surface area contributed by atoms with Crippen LogP contribution in [0.5, 0.6) is 0 Å². The zero-order valence-electron chi connectivity index (χ0n) is 17.8. The molecule has 0 saturated heterocycles. The van der Waals surface area contributed by atoms with E-state index in [4.69, 9.17) is 17.4 Å². The van der Waals surface area contributed by atoms with Crippen LogP contribution in [0, 0.1) is 0 Å². The molecule has 0 spiro atoms. The predicted molar refractivity (Wildman–Crippen MR) is 132 cm³/mol. The monoisotopic (exact) mass is 472 g/mol. The number of benzene rings is 2. The molecule has 1 heterocycles. The average Bonchev–Trinajstić information content (AvgIpc) is 3.13. The third-order valence-electron chi connectivity index (χ3n) is 4.51. The van der Waals surface area contributed by atoms with Crippen molar-refractivity contribution in [1.82, 2.24) is 14.9 Å². The van der Waals surface area contributed by atoms with Crippen molar-refractivity contribution in [1.29, 1.82) is 0 Å². The normalized spacial score (nSPS) is 11.0. The van der Waals surface area contributed by atoms with E-state index in [-0.39, 0.29) is 17.6 Å². The number of halogens is 1. The van der Waals surface area contributed by atoms with Gasteiger partial charge < -0.3 is 16.1 Å². The van der Waals surface area contributed by atoms with E-state index in [2.05, 4.69) is 56.9 Å². The van der Waals surface area contributed by atoms with Crippen molar-refractivity contribution in [3.8, 4) is 0 Å². The highest BCUT2D eigenvalue weighted by Gasteiger charge is 2.12. The first-order valence-electron chi connectivity index (χ1n) is 10.0. The van der Waals surface area contributed by atoms with Crippen LogP contribution in [0.3, 0.4) is 0 Å². The highest BCUT2D eigenvalue weighted by Crippen LogP contribution is 2.19. The lowest BCUT2D eigenvalue weighted by atomic mass is 10.2. The number of rotatable bonds is 10. The summed E-state index contributed by atoms with van der Waals surface area (Å²) in [6, 6.07) is 15.0. The summed E-state index contributed by atoms with van der Waals surface area (Å²) in [5, 5.41) is 15.8. The van der Waals surface area contributed by atoms with Crippen LogP contribution >= 0.6 is 23.4 Å². The zero-order valence-corrected chi connectivity index (χ0v) is 19.4. The van der Waals surface area contributed by atoms with Gasteiger partial charge >= 0.3 is 0 Å². The summed E-state index contributed by atoms with van der Waals surface area (Å²) in [4.78, 5) is 14.4. The number of anilines is 3. The minimum Gasteiger partial charge on any atom is -0.372 e. The fraction of sp³-hybridized carbons (Fsp3) is 0.238. The summed E-state index contributed by atoms with van der Waals surface area (Å²) < 4.78 is 1.25. The van der Waals surface area contributed by atoms with Gasteiger partial charge in [-0.2, -0.15) is 5.10 Å². The Kier molecular flexibility index (Phi) is 8.34. The Morgan fingerprint density at radius 1 is 1.22 bits per heavy atom. The Morgan fingerprint density at radius 2 is 1.97 bits per heavy atom. The third-order valence-corrected chi connectivity index (χ3v) is 5.68. The van der Waals surface area contributed by atoms with Gasteiger partial charge in [0.2, 0.25) is 11.1 Å². The first kappa shape index (κ1) is 23.4. The largest absolute Gasteiger partial charge is 0.372 e. The lowest BCUT2D eigenvalue weighted by Gasteiger charge is -2.20. The lowest BCUT2D eigenvalue weighted by Crippen LogP contribution is -2.21. The molecule has 0 aliphatic rings. The molecule has 4 N–H and O–H groups in total. The fourth-order valence-corrected chi connectivity index (χ4v) is 3.72. The molecule has 0 radical (unpaired) electrons. The number of thioether (sulfide) groups is 1. The molecule has 11 heteroatoms. The number of nitrogens with two attached hydrogens (primary N) is 1. The molecule has 0 aliphatic heterocycles. The molecule has 0 atom stereocenters. The molecule has 1 amide bonds. The van der Waals surface area contributed by atoms with Crippen molar-refractivity contribution in [2.45, 2.75) is 19.0 Å². The molecule has 2 aromatic carbocycles. The third kappa shape index (κ3) is 6.38. The highest BCUT2D eigenvalue weighted by atomic mass is 35.5. The second kappa shape index (κ2) is 11.4. The van der Waals surface area contributed by atoms with Crippen molar-refractivity contribution in [3.05, 3.63) is 59.1 Å². The number of nitrogens with zero attached hydrogens (tertiary/aromatic N) is 5. The number of hydrazone groups is 1.